The number of carbonyl (C=O) groups excluding carboxylic acids is 1. The Morgan fingerprint density at radius 1 is 1.00 bits per heavy atom. The third kappa shape index (κ3) is 4.85. The second-order valence-corrected chi connectivity index (χ2v) is 11.9. The lowest BCUT2D eigenvalue weighted by molar-refractivity contribution is 0.0694. The fourth-order valence-electron chi connectivity index (χ4n) is 4.89. The fourth-order valence-corrected chi connectivity index (χ4v) is 7.47. The van der Waals surface area contributed by atoms with Crippen LogP contribution < -0.4 is 0 Å². The van der Waals surface area contributed by atoms with Crippen LogP contribution in [0.15, 0.2) is 52.3 Å². The molecule has 8 heteroatoms. The van der Waals surface area contributed by atoms with E-state index in [4.69, 9.17) is 4.74 Å². The number of benzene rings is 2. The standard InChI is InChI=1S/C25H30N2O4S2/c28-25(23-8-1-2-9-24(23)32-18-21-7-4-16-31-21)26-12-14-27(15-13-26)33(29,30)22-11-10-19-5-3-6-20(19)17-22/h1-2,8-11,17,21H,3-7,12-16,18H2/t21-/m1/s1. The minimum absolute atomic E-state index is 0.0278. The molecule has 2 aromatic carbocycles. The molecular weight excluding hydrogens is 456 g/mol. The predicted molar refractivity (Wildman–Crippen MR) is 129 cm³/mol. The van der Waals surface area contributed by atoms with Crippen molar-refractivity contribution in [3.8, 4) is 0 Å². The summed E-state index contributed by atoms with van der Waals surface area (Å²) in [4.78, 5) is 16.4. The van der Waals surface area contributed by atoms with E-state index in [0.717, 1.165) is 54.9 Å². The predicted octanol–water partition coefficient (Wildman–Crippen LogP) is 3.59. The third-order valence-electron chi connectivity index (χ3n) is 6.80. The monoisotopic (exact) mass is 486 g/mol. The van der Waals surface area contributed by atoms with Crippen molar-refractivity contribution in [2.45, 2.75) is 48.0 Å². The normalized spacial score (nSPS) is 21.3. The highest BCUT2D eigenvalue weighted by Gasteiger charge is 2.31. The summed E-state index contributed by atoms with van der Waals surface area (Å²) in [5, 5.41) is 0. The number of aryl methyl sites for hydroxylation is 2. The van der Waals surface area contributed by atoms with Crippen molar-refractivity contribution >= 4 is 27.7 Å². The fraction of sp³-hybridized carbons (Fsp3) is 0.480. The number of thioether (sulfide) groups is 1. The van der Waals surface area contributed by atoms with Crippen molar-refractivity contribution in [3.63, 3.8) is 0 Å². The van der Waals surface area contributed by atoms with Crippen LogP contribution in [-0.4, -0.2) is 68.2 Å². The van der Waals surface area contributed by atoms with Gasteiger partial charge in [0.15, 0.2) is 0 Å². The molecule has 0 bridgehead atoms. The lowest BCUT2D eigenvalue weighted by Gasteiger charge is -2.34. The van der Waals surface area contributed by atoms with E-state index in [1.54, 1.807) is 22.7 Å². The molecule has 0 N–H and O–H groups in total. The smallest absolute Gasteiger partial charge is 0.255 e. The maximum Gasteiger partial charge on any atom is 0.255 e. The Hall–Kier alpha value is -1.87. The van der Waals surface area contributed by atoms with Crippen molar-refractivity contribution in [3.05, 3.63) is 59.2 Å². The maximum atomic E-state index is 13.3. The quantitative estimate of drug-likeness (QED) is 0.584. The first-order chi connectivity index (χ1) is 16.0. The summed E-state index contributed by atoms with van der Waals surface area (Å²) in [7, 11) is -3.55. The molecule has 0 saturated carbocycles. The molecule has 2 fully saturated rings. The molecule has 0 unspecified atom stereocenters. The molecule has 2 saturated heterocycles. The van der Waals surface area contributed by atoms with Gasteiger partial charge in [0.2, 0.25) is 10.0 Å². The van der Waals surface area contributed by atoms with Gasteiger partial charge in [0.1, 0.15) is 0 Å². The largest absolute Gasteiger partial charge is 0.377 e. The summed E-state index contributed by atoms with van der Waals surface area (Å²) < 4.78 is 33.6. The van der Waals surface area contributed by atoms with Gasteiger partial charge in [-0.25, -0.2) is 8.42 Å². The lowest BCUT2D eigenvalue weighted by Crippen LogP contribution is -2.50. The maximum absolute atomic E-state index is 13.3. The van der Waals surface area contributed by atoms with Gasteiger partial charge < -0.3 is 9.64 Å². The number of nitrogens with zero attached hydrogens (tertiary/aromatic N) is 2. The van der Waals surface area contributed by atoms with Crippen LogP contribution >= 0.6 is 11.8 Å². The first-order valence-electron chi connectivity index (χ1n) is 11.8. The van der Waals surface area contributed by atoms with Crippen LogP contribution in [0.4, 0.5) is 0 Å². The van der Waals surface area contributed by atoms with Crippen LogP contribution in [0.25, 0.3) is 0 Å². The van der Waals surface area contributed by atoms with Crippen LogP contribution in [-0.2, 0) is 27.6 Å². The number of ether oxygens (including phenoxy) is 1. The third-order valence-corrected chi connectivity index (χ3v) is 9.90. The molecule has 0 aromatic heterocycles. The number of carbonyl (C=O) groups is 1. The molecule has 0 radical (unpaired) electrons. The molecule has 2 heterocycles. The zero-order valence-electron chi connectivity index (χ0n) is 18.7. The number of hydrogen-bond acceptors (Lipinski definition) is 5. The second-order valence-electron chi connectivity index (χ2n) is 8.92. The summed E-state index contributed by atoms with van der Waals surface area (Å²) in [6.07, 6.45) is 5.50. The highest BCUT2D eigenvalue weighted by Crippen LogP contribution is 2.29. The molecule has 2 aliphatic heterocycles. The van der Waals surface area contributed by atoms with Gasteiger partial charge in [-0.15, -0.1) is 11.8 Å². The number of rotatable bonds is 6. The average molecular weight is 487 g/mol. The van der Waals surface area contributed by atoms with Gasteiger partial charge in [0.05, 0.1) is 16.6 Å². The Bertz CT molecular complexity index is 1120. The summed E-state index contributed by atoms with van der Waals surface area (Å²) in [6, 6.07) is 13.2. The summed E-state index contributed by atoms with van der Waals surface area (Å²) in [5.41, 5.74) is 3.11. The van der Waals surface area contributed by atoms with Gasteiger partial charge in [-0.3, -0.25) is 4.79 Å². The van der Waals surface area contributed by atoms with Gasteiger partial charge in [-0.05, 0) is 67.5 Å². The molecule has 0 spiro atoms. The van der Waals surface area contributed by atoms with Gasteiger partial charge in [-0.2, -0.15) is 4.31 Å². The summed E-state index contributed by atoms with van der Waals surface area (Å²) >= 11 is 1.67. The zero-order chi connectivity index (χ0) is 22.8. The van der Waals surface area contributed by atoms with Gasteiger partial charge in [0, 0.05) is 43.4 Å². The van der Waals surface area contributed by atoms with Crippen LogP contribution in [0.3, 0.4) is 0 Å². The molecule has 33 heavy (non-hydrogen) atoms. The number of amides is 1. The molecule has 3 aliphatic rings. The lowest BCUT2D eigenvalue weighted by atomic mass is 10.1. The zero-order valence-corrected chi connectivity index (χ0v) is 20.4. The van der Waals surface area contributed by atoms with Crippen molar-refractivity contribution in [1.29, 1.82) is 0 Å². The first-order valence-corrected chi connectivity index (χ1v) is 14.2. The van der Waals surface area contributed by atoms with E-state index in [1.165, 1.54) is 9.87 Å². The van der Waals surface area contributed by atoms with E-state index in [9.17, 15) is 13.2 Å². The van der Waals surface area contributed by atoms with Crippen molar-refractivity contribution in [2.75, 3.05) is 38.5 Å². The van der Waals surface area contributed by atoms with E-state index in [-0.39, 0.29) is 12.0 Å². The Morgan fingerprint density at radius 2 is 1.79 bits per heavy atom. The van der Waals surface area contributed by atoms with Crippen molar-refractivity contribution in [1.82, 2.24) is 9.21 Å². The Balaban J connectivity index is 1.23. The Labute approximate surface area is 200 Å². The second kappa shape index (κ2) is 9.78. The van der Waals surface area contributed by atoms with E-state index in [1.807, 2.05) is 36.4 Å². The molecule has 1 amide bonds. The summed E-state index contributed by atoms with van der Waals surface area (Å²) in [6.45, 7) is 2.25. The van der Waals surface area contributed by atoms with Crippen molar-refractivity contribution in [2.24, 2.45) is 0 Å². The molecule has 6 nitrogen and oxygen atoms in total. The van der Waals surface area contributed by atoms with Crippen LogP contribution in [0.5, 0.6) is 0 Å². The molecule has 5 rings (SSSR count). The number of hydrogen-bond donors (Lipinski definition) is 0. The minimum Gasteiger partial charge on any atom is -0.377 e. The van der Waals surface area contributed by atoms with E-state index < -0.39 is 10.0 Å². The van der Waals surface area contributed by atoms with Crippen LogP contribution in [0, 0.1) is 0 Å². The minimum atomic E-state index is -3.55. The molecule has 2 aromatic rings. The van der Waals surface area contributed by atoms with Gasteiger partial charge in [0.25, 0.3) is 5.91 Å². The topological polar surface area (TPSA) is 66.9 Å². The molecule has 1 atom stereocenters. The average Bonchev–Trinajstić information content (AvgIpc) is 3.54. The summed E-state index contributed by atoms with van der Waals surface area (Å²) in [5.74, 6) is 0.817. The Kier molecular flexibility index (Phi) is 6.79. The van der Waals surface area contributed by atoms with Crippen LogP contribution in [0.1, 0.15) is 40.7 Å². The van der Waals surface area contributed by atoms with E-state index >= 15 is 0 Å². The highest BCUT2D eigenvalue weighted by atomic mass is 32.2. The number of sulfonamides is 1. The first kappa shape index (κ1) is 22.9. The van der Waals surface area contributed by atoms with E-state index in [0.29, 0.717) is 36.6 Å². The van der Waals surface area contributed by atoms with Gasteiger partial charge >= 0.3 is 0 Å². The van der Waals surface area contributed by atoms with Gasteiger partial charge in [-0.1, -0.05) is 18.2 Å². The van der Waals surface area contributed by atoms with Crippen LogP contribution in [0.2, 0.25) is 0 Å². The number of piperazine rings is 1. The van der Waals surface area contributed by atoms with Crippen molar-refractivity contribution < 1.29 is 17.9 Å². The number of fused-ring (bicyclic) bond motifs is 1. The SMILES string of the molecule is O=C(c1ccccc1SC[C@H]1CCCO1)N1CCN(S(=O)(=O)c2ccc3c(c2)CCC3)CC1. The Morgan fingerprint density at radius 3 is 2.58 bits per heavy atom. The molecular formula is C25H30N2O4S2. The highest BCUT2D eigenvalue weighted by molar-refractivity contribution is 7.99. The van der Waals surface area contributed by atoms with E-state index in [2.05, 4.69) is 0 Å². The molecule has 1 aliphatic carbocycles. The molecule has 176 valence electrons.